The molecule has 152 valence electrons. The molecule has 0 saturated carbocycles. The lowest BCUT2D eigenvalue weighted by atomic mass is 10.2. The van der Waals surface area contributed by atoms with Crippen LogP contribution in [0.2, 0.25) is 0 Å². The fraction of sp³-hybridized carbons (Fsp3) is 0.200. The van der Waals surface area contributed by atoms with Gasteiger partial charge in [-0.05, 0) is 48.5 Å². The molecule has 0 aliphatic heterocycles. The summed E-state index contributed by atoms with van der Waals surface area (Å²) in [5.74, 6) is -2.65. The molecule has 0 aromatic heterocycles. The van der Waals surface area contributed by atoms with Gasteiger partial charge >= 0.3 is 11.9 Å². The van der Waals surface area contributed by atoms with E-state index in [2.05, 4.69) is 15.4 Å². The lowest BCUT2D eigenvalue weighted by molar-refractivity contribution is -0.147. The van der Waals surface area contributed by atoms with E-state index in [0.29, 0.717) is 16.9 Å². The molecule has 0 saturated heterocycles. The summed E-state index contributed by atoms with van der Waals surface area (Å²) in [7, 11) is 1.27. The van der Waals surface area contributed by atoms with Gasteiger partial charge in [-0.25, -0.2) is 9.18 Å². The van der Waals surface area contributed by atoms with Gasteiger partial charge in [0.15, 0.2) is 6.61 Å². The number of nitrogens with one attached hydrogen (secondary N) is 2. The van der Waals surface area contributed by atoms with Crippen LogP contribution < -0.4 is 10.6 Å². The monoisotopic (exact) mass is 402 g/mol. The molecule has 2 aromatic carbocycles. The molecule has 2 N–H and O–H groups in total. The van der Waals surface area contributed by atoms with Crippen molar-refractivity contribution in [3.8, 4) is 0 Å². The molecule has 2 amide bonds. The number of carbonyl (C=O) groups is 4. The first-order valence-electron chi connectivity index (χ1n) is 8.56. The first-order chi connectivity index (χ1) is 13.9. The van der Waals surface area contributed by atoms with Crippen molar-refractivity contribution in [2.45, 2.75) is 12.8 Å². The average molecular weight is 402 g/mol. The topological polar surface area (TPSA) is 111 Å². The van der Waals surface area contributed by atoms with Crippen LogP contribution >= 0.6 is 0 Å². The standard InChI is InChI=1S/C20H19FN2O6/c1-28-20(27)13-2-6-15(7-3-13)22-17(24)10-11-19(26)29-12-18(25)23-16-8-4-14(21)5-9-16/h2-9H,10-12H2,1H3,(H,22,24)(H,23,25). The van der Waals surface area contributed by atoms with Crippen LogP contribution in [0.4, 0.5) is 15.8 Å². The number of hydrogen-bond donors (Lipinski definition) is 2. The average Bonchev–Trinajstić information content (AvgIpc) is 2.72. The molecule has 8 nitrogen and oxygen atoms in total. The van der Waals surface area contributed by atoms with Gasteiger partial charge < -0.3 is 20.1 Å². The van der Waals surface area contributed by atoms with Gasteiger partial charge in [-0.1, -0.05) is 0 Å². The third kappa shape index (κ3) is 7.41. The van der Waals surface area contributed by atoms with Gasteiger partial charge in [0.2, 0.25) is 5.91 Å². The van der Waals surface area contributed by atoms with Gasteiger partial charge in [-0.3, -0.25) is 14.4 Å². The maximum Gasteiger partial charge on any atom is 0.337 e. The number of halogens is 1. The summed E-state index contributed by atoms with van der Waals surface area (Å²) < 4.78 is 22.2. The van der Waals surface area contributed by atoms with Crippen LogP contribution in [-0.2, 0) is 23.9 Å². The quantitative estimate of drug-likeness (QED) is 0.657. The molecule has 2 aromatic rings. The third-order valence-electron chi connectivity index (χ3n) is 3.64. The molecule has 0 bridgehead atoms. The minimum Gasteiger partial charge on any atom is -0.465 e. The van der Waals surface area contributed by atoms with E-state index in [4.69, 9.17) is 4.74 Å². The van der Waals surface area contributed by atoms with E-state index in [1.54, 1.807) is 0 Å². The number of anilines is 2. The molecule has 0 aliphatic carbocycles. The van der Waals surface area contributed by atoms with E-state index in [1.165, 1.54) is 55.6 Å². The van der Waals surface area contributed by atoms with Crippen molar-refractivity contribution in [3.05, 3.63) is 59.9 Å². The number of rotatable bonds is 8. The molecule has 0 atom stereocenters. The number of amides is 2. The zero-order valence-corrected chi connectivity index (χ0v) is 15.6. The number of carbonyl (C=O) groups excluding carboxylic acids is 4. The van der Waals surface area contributed by atoms with Crippen molar-refractivity contribution in [3.63, 3.8) is 0 Å². The molecule has 0 unspecified atom stereocenters. The highest BCUT2D eigenvalue weighted by molar-refractivity contribution is 5.95. The van der Waals surface area contributed by atoms with Crippen LogP contribution in [-0.4, -0.2) is 37.5 Å². The summed E-state index contributed by atoms with van der Waals surface area (Å²) in [5.41, 5.74) is 1.16. The summed E-state index contributed by atoms with van der Waals surface area (Å²) in [4.78, 5) is 46.6. The Morgan fingerprint density at radius 2 is 1.38 bits per heavy atom. The highest BCUT2D eigenvalue weighted by Gasteiger charge is 2.11. The van der Waals surface area contributed by atoms with Crippen molar-refractivity contribution >= 4 is 35.1 Å². The summed E-state index contributed by atoms with van der Waals surface area (Å²) in [6, 6.07) is 11.2. The van der Waals surface area contributed by atoms with Gasteiger partial charge in [0, 0.05) is 17.8 Å². The second-order valence-electron chi connectivity index (χ2n) is 5.83. The molecule has 0 fully saturated rings. The Hall–Kier alpha value is -3.75. The summed E-state index contributed by atoms with van der Waals surface area (Å²) in [5, 5.41) is 5.02. The Morgan fingerprint density at radius 3 is 1.97 bits per heavy atom. The van der Waals surface area contributed by atoms with Crippen molar-refractivity contribution in [2.75, 3.05) is 24.4 Å². The second-order valence-corrected chi connectivity index (χ2v) is 5.83. The van der Waals surface area contributed by atoms with E-state index < -0.39 is 36.2 Å². The maximum absolute atomic E-state index is 12.8. The SMILES string of the molecule is COC(=O)c1ccc(NC(=O)CCC(=O)OCC(=O)Nc2ccc(F)cc2)cc1. The van der Waals surface area contributed by atoms with E-state index >= 15 is 0 Å². The molecule has 0 spiro atoms. The van der Waals surface area contributed by atoms with Crippen LogP contribution in [0.5, 0.6) is 0 Å². The predicted octanol–water partition coefficient (Wildman–Crippen LogP) is 2.51. The lowest BCUT2D eigenvalue weighted by Gasteiger charge is -2.07. The first kappa shape index (κ1) is 21.5. The third-order valence-corrected chi connectivity index (χ3v) is 3.64. The van der Waals surface area contributed by atoms with Gasteiger partial charge in [0.1, 0.15) is 5.82 Å². The predicted molar refractivity (Wildman–Crippen MR) is 102 cm³/mol. The van der Waals surface area contributed by atoms with E-state index in [9.17, 15) is 23.6 Å². The summed E-state index contributed by atoms with van der Waals surface area (Å²) in [6.45, 7) is -0.521. The van der Waals surface area contributed by atoms with E-state index in [1.807, 2.05) is 0 Å². The minimum atomic E-state index is -0.713. The van der Waals surface area contributed by atoms with Crippen LogP contribution in [0.1, 0.15) is 23.2 Å². The number of hydrogen-bond acceptors (Lipinski definition) is 6. The highest BCUT2D eigenvalue weighted by atomic mass is 19.1. The molecule has 29 heavy (non-hydrogen) atoms. The minimum absolute atomic E-state index is 0.142. The van der Waals surface area contributed by atoms with Crippen LogP contribution in [0.25, 0.3) is 0 Å². The van der Waals surface area contributed by atoms with E-state index in [0.717, 1.165) is 0 Å². The molecule has 0 aliphatic rings. The van der Waals surface area contributed by atoms with Gasteiger partial charge in [0.05, 0.1) is 19.1 Å². The Labute approximate surface area is 166 Å². The molecule has 0 heterocycles. The fourth-order valence-electron chi connectivity index (χ4n) is 2.20. The highest BCUT2D eigenvalue weighted by Crippen LogP contribution is 2.11. The van der Waals surface area contributed by atoms with Crippen molar-refractivity contribution < 1.29 is 33.0 Å². The Kier molecular flexibility index (Phi) is 7.84. The first-order valence-corrected chi connectivity index (χ1v) is 8.56. The second kappa shape index (κ2) is 10.5. The number of ether oxygens (including phenoxy) is 2. The maximum atomic E-state index is 12.8. The molecular formula is C20H19FN2O6. The number of methoxy groups -OCH3 is 1. The van der Waals surface area contributed by atoms with Crippen LogP contribution in [0.15, 0.2) is 48.5 Å². The number of esters is 2. The molecule has 9 heteroatoms. The Bertz CT molecular complexity index is 881. The number of benzene rings is 2. The fourth-order valence-corrected chi connectivity index (χ4v) is 2.20. The largest absolute Gasteiger partial charge is 0.465 e. The summed E-state index contributed by atoms with van der Waals surface area (Å²) >= 11 is 0. The summed E-state index contributed by atoms with van der Waals surface area (Å²) in [6.07, 6.45) is -0.354. The van der Waals surface area contributed by atoms with Gasteiger partial charge in [0.25, 0.3) is 5.91 Å². The van der Waals surface area contributed by atoms with Crippen LogP contribution in [0, 0.1) is 5.82 Å². The zero-order chi connectivity index (χ0) is 21.2. The molecular weight excluding hydrogens is 383 g/mol. The van der Waals surface area contributed by atoms with Gasteiger partial charge in [-0.2, -0.15) is 0 Å². The van der Waals surface area contributed by atoms with Crippen molar-refractivity contribution in [1.82, 2.24) is 0 Å². The van der Waals surface area contributed by atoms with Crippen LogP contribution in [0.3, 0.4) is 0 Å². The zero-order valence-electron chi connectivity index (χ0n) is 15.6. The Balaban J connectivity index is 1.68. The lowest BCUT2D eigenvalue weighted by Crippen LogP contribution is -2.21. The van der Waals surface area contributed by atoms with E-state index in [-0.39, 0.29) is 12.8 Å². The van der Waals surface area contributed by atoms with Gasteiger partial charge in [-0.15, -0.1) is 0 Å². The molecule has 2 rings (SSSR count). The smallest absolute Gasteiger partial charge is 0.337 e. The molecule has 0 radical (unpaired) electrons. The normalized spacial score (nSPS) is 10.0. The van der Waals surface area contributed by atoms with Crippen molar-refractivity contribution in [1.29, 1.82) is 0 Å². The Morgan fingerprint density at radius 1 is 0.828 bits per heavy atom. The van der Waals surface area contributed by atoms with Crippen molar-refractivity contribution in [2.24, 2.45) is 0 Å².